The number of ether oxygens (including phenoxy) is 4. The number of piperidine rings is 1. The number of rotatable bonds is 5. The molecule has 1 unspecified atom stereocenters. The molecule has 3 aliphatic heterocycles. The van der Waals surface area contributed by atoms with Crippen molar-refractivity contribution in [1.82, 2.24) is 10.2 Å². The first-order valence-electron chi connectivity index (χ1n) is 12.5. The van der Waals surface area contributed by atoms with Gasteiger partial charge in [-0.2, -0.15) is 0 Å². The maximum atomic E-state index is 13.0. The largest absolute Gasteiger partial charge is 0.493 e. The number of hydrogen-bond acceptors (Lipinski definition) is 9. The number of likely N-dealkylation sites (N-methyl/N-ethyl adjacent to an activating group) is 1. The van der Waals surface area contributed by atoms with E-state index in [0.29, 0.717) is 42.9 Å². The number of methoxy groups -OCH3 is 1. The van der Waals surface area contributed by atoms with Crippen molar-refractivity contribution in [3.63, 3.8) is 0 Å². The van der Waals surface area contributed by atoms with Crippen molar-refractivity contribution in [2.75, 3.05) is 27.2 Å². The summed E-state index contributed by atoms with van der Waals surface area (Å²) in [5.41, 5.74) is 0.280. The summed E-state index contributed by atoms with van der Waals surface area (Å²) < 4.78 is 23.3. The molecule has 11 heteroatoms. The number of nitrogens with one attached hydrogen (secondary N) is 1. The summed E-state index contributed by atoms with van der Waals surface area (Å²) in [7, 11) is 3.64. The molecule has 204 valence electrons. The molecule has 2 saturated heterocycles. The first-order valence-corrected chi connectivity index (χ1v) is 12.5. The summed E-state index contributed by atoms with van der Waals surface area (Å²) in [5, 5.41) is 15.3. The van der Waals surface area contributed by atoms with E-state index in [1.54, 1.807) is 13.2 Å². The Kier molecular flexibility index (Phi) is 7.51. The van der Waals surface area contributed by atoms with Gasteiger partial charge in [-0.25, -0.2) is 4.79 Å². The van der Waals surface area contributed by atoms with Gasteiger partial charge in [-0.1, -0.05) is 6.07 Å². The summed E-state index contributed by atoms with van der Waals surface area (Å²) in [6.07, 6.45) is 3.33. The zero-order chi connectivity index (χ0) is 24.5. The highest BCUT2D eigenvalue weighted by molar-refractivity contribution is 5.85. The summed E-state index contributed by atoms with van der Waals surface area (Å²) >= 11 is 0. The van der Waals surface area contributed by atoms with Crippen molar-refractivity contribution in [1.29, 1.82) is 0 Å². The Balaban J connectivity index is 0.00000160. The van der Waals surface area contributed by atoms with E-state index in [1.807, 2.05) is 13.1 Å². The predicted molar refractivity (Wildman–Crippen MR) is 139 cm³/mol. The van der Waals surface area contributed by atoms with Gasteiger partial charge in [0, 0.05) is 18.0 Å². The van der Waals surface area contributed by atoms with Crippen LogP contribution in [0.3, 0.4) is 0 Å². The molecule has 0 radical (unpaired) electrons. The highest BCUT2D eigenvalue weighted by atomic mass is 35.5. The molecule has 37 heavy (non-hydrogen) atoms. The number of esters is 2. The first kappa shape index (κ1) is 28.0. The Morgan fingerprint density at radius 3 is 2.78 bits per heavy atom. The van der Waals surface area contributed by atoms with Gasteiger partial charge in [-0.3, -0.25) is 4.79 Å². The summed E-state index contributed by atoms with van der Waals surface area (Å²) in [6.45, 7) is 3.06. The van der Waals surface area contributed by atoms with Crippen LogP contribution < -0.4 is 14.8 Å². The van der Waals surface area contributed by atoms with E-state index in [2.05, 4.69) is 16.3 Å². The van der Waals surface area contributed by atoms with Gasteiger partial charge in [-0.05, 0) is 70.5 Å². The van der Waals surface area contributed by atoms with Crippen molar-refractivity contribution in [2.24, 2.45) is 0 Å². The number of aliphatic hydroxyl groups is 1. The first-order chi connectivity index (χ1) is 16.8. The average Bonchev–Trinajstić information content (AvgIpc) is 3.49. The Morgan fingerprint density at radius 1 is 1.30 bits per heavy atom. The lowest BCUT2D eigenvalue weighted by molar-refractivity contribution is -0.176. The van der Waals surface area contributed by atoms with E-state index in [0.717, 1.165) is 30.6 Å². The molecular weight excluding hydrogens is 523 g/mol. The molecule has 6 atom stereocenters. The lowest BCUT2D eigenvalue weighted by Crippen LogP contribution is -2.74. The van der Waals surface area contributed by atoms with Gasteiger partial charge in [0.15, 0.2) is 23.7 Å². The van der Waals surface area contributed by atoms with Gasteiger partial charge in [0.1, 0.15) is 11.8 Å². The third kappa shape index (κ3) is 3.85. The van der Waals surface area contributed by atoms with Crippen molar-refractivity contribution in [3.8, 4) is 11.5 Å². The lowest BCUT2D eigenvalue weighted by Gasteiger charge is -2.61. The summed E-state index contributed by atoms with van der Waals surface area (Å²) in [5.74, 6) is 0.477. The van der Waals surface area contributed by atoms with E-state index < -0.39 is 35.2 Å². The van der Waals surface area contributed by atoms with Crippen molar-refractivity contribution in [3.05, 3.63) is 35.1 Å². The minimum Gasteiger partial charge on any atom is -0.493 e. The van der Waals surface area contributed by atoms with Crippen LogP contribution in [0.1, 0.15) is 43.7 Å². The van der Waals surface area contributed by atoms with Gasteiger partial charge in [0.25, 0.3) is 0 Å². The molecule has 6 rings (SSSR count). The van der Waals surface area contributed by atoms with Crippen molar-refractivity contribution >= 4 is 36.8 Å². The Morgan fingerprint density at radius 2 is 2.08 bits per heavy atom. The number of halogens is 2. The second-order valence-corrected chi connectivity index (χ2v) is 10.4. The van der Waals surface area contributed by atoms with Gasteiger partial charge < -0.3 is 34.3 Å². The predicted octanol–water partition coefficient (Wildman–Crippen LogP) is 2.04. The molecule has 0 saturated carbocycles. The molecule has 0 amide bonds. The van der Waals surface area contributed by atoms with Gasteiger partial charge in [-0.15, -0.1) is 24.8 Å². The number of carbonyl (C=O) groups excluding carboxylic acids is 2. The number of hydrogen-bond donors (Lipinski definition) is 2. The SMILES string of the molecule is COc1ccc2c3c1O[C@H]1C(OC(=O)[C@H](C)OC(=O)C4CCCN4)=CC[C@@]4(O)[C@@H](C2)N(C)CC[C@]314.Cl.Cl. The fourth-order valence-electron chi connectivity index (χ4n) is 6.98. The topological polar surface area (TPSA) is 107 Å². The number of carbonyl (C=O) groups is 2. The van der Waals surface area contributed by atoms with Crippen molar-refractivity contribution < 1.29 is 33.6 Å². The minimum absolute atomic E-state index is 0. The van der Waals surface area contributed by atoms with Crippen LogP contribution in [0, 0.1) is 0 Å². The molecular formula is C26H34Cl2N2O7. The third-order valence-corrected chi connectivity index (χ3v) is 8.75. The Bertz CT molecular complexity index is 1120. The fourth-order valence-corrected chi connectivity index (χ4v) is 6.98. The maximum Gasteiger partial charge on any atom is 0.352 e. The number of benzene rings is 1. The zero-order valence-corrected chi connectivity index (χ0v) is 22.8. The fraction of sp³-hybridized carbons (Fsp3) is 0.615. The molecule has 0 aromatic heterocycles. The second-order valence-electron chi connectivity index (χ2n) is 10.4. The van der Waals surface area contributed by atoms with E-state index in [4.69, 9.17) is 18.9 Å². The maximum absolute atomic E-state index is 13.0. The van der Waals surface area contributed by atoms with E-state index in [9.17, 15) is 14.7 Å². The standard InChI is InChI=1S/C26H32N2O7.2ClH/c1-14(33-24(30)16-5-4-11-27-16)23(29)34-18-8-9-26(31)19-13-15-6-7-17(32-3)21-20(15)25(26,22(18)35-21)10-12-28(19)2;;/h6-8,14,16,19,22,27,31H,4-5,9-13H2,1-3H3;2*1H/t14-,16?,19+,22-,25-,26+;;/m0../s1. The normalized spacial score (nSPS) is 33.5. The molecule has 1 spiro atoms. The van der Waals surface area contributed by atoms with E-state index in [-0.39, 0.29) is 36.9 Å². The van der Waals surface area contributed by atoms with Gasteiger partial charge in [0.2, 0.25) is 0 Å². The van der Waals surface area contributed by atoms with Crippen LogP contribution in [-0.4, -0.2) is 79.1 Å². The number of likely N-dealkylation sites (tertiary alicyclic amines) is 1. The molecule has 2 fully saturated rings. The summed E-state index contributed by atoms with van der Waals surface area (Å²) in [6, 6.07) is 3.49. The van der Waals surface area contributed by atoms with Crippen LogP contribution in [0.5, 0.6) is 11.5 Å². The molecule has 9 nitrogen and oxygen atoms in total. The third-order valence-electron chi connectivity index (χ3n) is 8.75. The van der Waals surface area contributed by atoms with Crippen molar-refractivity contribution in [2.45, 2.75) is 74.3 Å². The molecule has 5 aliphatic rings. The molecule has 3 heterocycles. The average molecular weight is 557 g/mol. The van der Waals surface area contributed by atoms with E-state index >= 15 is 0 Å². The van der Waals surface area contributed by atoms with Crippen LogP contribution in [0.4, 0.5) is 0 Å². The Labute approximate surface area is 228 Å². The molecule has 2 N–H and O–H groups in total. The molecule has 1 aromatic rings. The number of nitrogens with zero attached hydrogens (tertiary/aromatic N) is 1. The van der Waals surface area contributed by atoms with Gasteiger partial charge in [0.05, 0.1) is 18.1 Å². The smallest absolute Gasteiger partial charge is 0.352 e. The lowest BCUT2D eigenvalue weighted by atomic mass is 9.50. The van der Waals surface area contributed by atoms with Crippen LogP contribution in [0.2, 0.25) is 0 Å². The van der Waals surface area contributed by atoms with E-state index in [1.165, 1.54) is 6.92 Å². The summed E-state index contributed by atoms with van der Waals surface area (Å²) in [4.78, 5) is 27.6. The molecule has 1 aromatic carbocycles. The van der Waals surface area contributed by atoms with Gasteiger partial charge >= 0.3 is 11.9 Å². The monoisotopic (exact) mass is 556 g/mol. The second kappa shape index (κ2) is 9.93. The molecule has 2 aliphatic carbocycles. The zero-order valence-electron chi connectivity index (χ0n) is 21.2. The van der Waals surface area contributed by atoms with Crippen LogP contribution in [0.15, 0.2) is 24.0 Å². The quantitative estimate of drug-likeness (QED) is 0.527. The highest BCUT2D eigenvalue weighted by Gasteiger charge is 2.72. The van der Waals surface area contributed by atoms with Crippen LogP contribution in [-0.2, 0) is 30.9 Å². The molecule has 2 bridgehead atoms. The van der Waals surface area contributed by atoms with Crippen LogP contribution in [0.25, 0.3) is 0 Å². The van der Waals surface area contributed by atoms with Crippen LogP contribution >= 0.6 is 24.8 Å². The minimum atomic E-state index is -1.07. The highest BCUT2D eigenvalue weighted by Crippen LogP contribution is 2.65. The Hall–Kier alpha value is -2.04.